The van der Waals surface area contributed by atoms with Gasteiger partial charge in [0.15, 0.2) is 0 Å². The van der Waals surface area contributed by atoms with Crippen LogP contribution in [0.4, 0.5) is 4.79 Å². The molecule has 1 saturated carbocycles. The van der Waals surface area contributed by atoms with Crippen molar-refractivity contribution in [3.63, 3.8) is 0 Å². The van der Waals surface area contributed by atoms with Gasteiger partial charge in [-0.05, 0) is 77.5 Å². The summed E-state index contributed by atoms with van der Waals surface area (Å²) in [6.45, 7) is 6.95. The molecule has 33 heavy (non-hydrogen) atoms. The summed E-state index contributed by atoms with van der Waals surface area (Å²) in [5.74, 6) is 0.474. The minimum absolute atomic E-state index is 0.0849. The molecule has 180 valence electrons. The molecule has 2 aromatic heterocycles. The van der Waals surface area contributed by atoms with Crippen molar-refractivity contribution in [3.05, 3.63) is 38.8 Å². The van der Waals surface area contributed by atoms with Crippen LogP contribution in [-0.2, 0) is 17.6 Å². The minimum atomic E-state index is -0.491. The van der Waals surface area contributed by atoms with Crippen molar-refractivity contribution in [1.82, 2.24) is 14.7 Å². The molecule has 3 heterocycles. The number of likely N-dealkylation sites (tertiary alicyclic amines) is 1. The molecule has 8 heteroatoms. The minimum Gasteiger partial charge on any atom is -0.444 e. The van der Waals surface area contributed by atoms with E-state index in [9.17, 15) is 9.59 Å². The van der Waals surface area contributed by atoms with Crippen LogP contribution in [0.3, 0.4) is 0 Å². The number of aromatic nitrogens is 2. The first-order valence-corrected chi connectivity index (χ1v) is 13.2. The topological polar surface area (TPSA) is 64.4 Å². The lowest BCUT2D eigenvalue weighted by Crippen LogP contribution is -2.41. The zero-order valence-electron chi connectivity index (χ0n) is 19.8. The molecule has 0 radical (unpaired) electrons. The van der Waals surface area contributed by atoms with Crippen molar-refractivity contribution in [2.75, 3.05) is 13.1 Å². The van der Waals surface area contributed by atoms with E-state index < -0.39 is 5.60 Å². The Labute approximate surface area is 205 Å². The Morgan fingerprint density at radius 1 is 1.12 bits per heavy atom. The second kappa shape index (κ2) is 10.2. The van der Waals surface area contributed by atoms with E-state index in [1.807, 2.05) is 26.8 Å². The number of hydrogen-bond donors (Lipinski definition) is 0. The largest absolute Gasteiger partial charge is 0.444 e. The molecule has 0 aromatic carbocycles. The average molecular weight is 492 g/mol. The number of rotatable bonds is 5. The Bertz CT molecular complexity index is 979. The average Bonchev–Trinajstić information content (AvgIpc) is 3.52. The van der Waals surface area contributed by atoms with E-state index in [0.717, 1.165) is 67.1 Å². The Morgan fingerprint density at radius 3 is 2.42 bits per heavy atom. The predicted octanol–water partition coefficient (Wildman–Crippen LogP) is 6.33. The molecule has 0 bridgehead atoms. The molecule has 4 rings (SSSR count). The molecule has 2 aromatic rings. The standard InChI is InChI=1S/C25H34ClN3O3S/c1-25(2,3)32-24(31)28-14-12-17(13-15-28)21-16-19(8-9-20-10-11-22(26)33-20)29(27-21)23(30)18-6-4-5-7-18/h10-11,16-18H,4-9,12-15H2,1-3H3. The first-order chi connectivity index (χ1) is 15.7. The molecule has 2 aliphatic rings. The van der Waals surface area contributed by atoms with Gasteiger partial charge in [0, 0.05) is 35.5 Å². The SMILES string of the molecule is CC(C)(C)OC(=O)N1CCC(c2cc(CCc3ccc(Cl)s3)n(C(=O)C3CCCC3)n2)CC1. The van der Waals surface area contributed by atoms with E-state index in [1.165, 1.54) is 4.88 Å². The highest BCUT2D eigenvalue weighted by Gasteiger charge is 2.31. The van der Waals surface area contributed by atoms with E-state index >= 15 is 0 Å². The third-order valence-corrected chi connectivity index (χ3v) is 7.83. The lowest BCUT2D eigenvalue weighted by molar-refractivity contribution is 0.0204. The summed E-state index contributed by atoms with van der Waals surface area (Å²) in [6, 6.07) is 6.10. The van der Waals surface area contributed by atoms with Crippen LogP contribution in [0, 0.1) is 5.92 Å². The second-order valence-electron chi connectivity index (χ2n) is 10.2. The third kappa shape index (κ3) is 6.18. The normalized spacial score (nSPS) is 18.1. The van der Waals surface area contributed by atoms with Gasteiger partial charge in [-0.1, -0.05) is 24.4 Å². The highest BCUT2D eigenvalue weighted by atomic mass is 35.5. The zero-order valence-corrected chi connectivity index (χ0v) is 21.4. The smallest absolute Gasteiger partial charge is 0.410 e. The van der Waals surface area contributed by atoms with E-state index in [1.54, 1.807) is 20.9 Å². The monoisotopic (exact) mass is 491 g/mol. The van der Waals surface area contributed by atoms with Crippen LogP contribution in [0.2, 0.25) is 4.34 Å². The van der Waals surface area contributed by atoms with Crippen LogP contribution in [0.15, 0.2) is 18.2 Å². The lowest BCUT2D eigenvalue weighted by Gasteiger charge is -2.32. The van der Waals surface area contributed by atoms with Crippen LogP contribution in [-0.4, -0.2) is 45.4 Å². The highest BCUT2D eigenvalue weighted by Crippen LogP contribution is 2.31. The fourth-order valence-corrected chi connectivity index (χ4v) is 5.86. The predicted molar refractivity (Wildman–Crippen MR) is 131 cm³/mol. The lowest BCUT2D eigenvalue weighted by atomic mass is 9.93. The molecule has 2 fully saturated rings. The molecule has 1 saturated heterocycles. The summed E-state index contributed by atoms with van der Waals surface area (Å²) >= 11 is 7.68. The summed E-state index contributed by atoms with van der Waals surface area (Å²) in [7, 11) is 0. The molecule has 0 atom stereocenters. The number of ether oxygens (including phenoxy) is 1. The van der Waals surface area contributed by atoms with Gasteiger partial charge in [0.25, 0.3) is 0 Å². The van der Waals surface area contributed by atoms with Crippen LogP contribution in [0.5, 0.6) is 0 Å². The molecule has 0 N–H and O–H groups in total. The maximum Gasteiger partial charge on any atom is 0.410 e. The number of carbonyl (C=O) groups is 2. The van der Waals surface area contributed by atoms with Gasteiger partial charge in [0.2, 0.25) is 5.91 Å². The Morgan fingerprint density at radius 2 is 1.82 bits per heavy atom. The second-order valence-corrected chi connectivity index (χ2v) is 12.0. The van der Waals surface area contributed by atoms with Crippen molar-refractivity contribution in [3.8, 4) is 0 Å². The van der Waals surface area contributed by atoms with Crippen LogP contribution in [0.25, 0.3) is 0 Å². The van der Waals surface area contributed by atoms with Crippen molar-refractivity contribution in [2.24, 2.45) is 5.92 Å². The molecule has 1 aliphatic carbocycles. The number of thiophene rings is 1. The van der Waals surface area contributed by atoms with Gasteiger partial charge in [-0.15, -0.1) is 11.3 Å². The fraction of sp³-hybridized carbons (Fsp3) is 0.640. The van der Waals surface area contributed by atoms with Gasteiger partial charge < -0.3 is 9.64 Å². The molecular formula is C25H34ClN3O3S. The van der Waals surface area contributed by atoms with Gasteiger partial charge in [0.05, 0.1) is 10.0 Å². The maximum atomic E-state index is 13.3. The van der Waals surface area contributed by atoms with Crippen LogP contribution < -0.4 is 0 Å². The summed E-state index contributed by atoms with van der Waals surface area (Å²) in [5, 5.41) is 4.83. The van der Waals surface area contributed by atoms with Crippen molar-refractivity contribution in [1.29, 1.82) is 0 Å². The summed E-state index contributed by atoms with van der Waals surface area (Å²) in [5.41, 5.74) is 1.47. The van der Waals surface area contributed by atoms with Gasteiger partial charge in [-0.3, -0.25) is 4.79 Å². The molecule has 0 spiro atoms. The Kier molecular flexibility index (Phi) is 7.49. The fourth-order valence-electron chi connectivity index (χ4n) is 4.78. The van der Waals surface area contributed by atoms with Crippen molar-refractivity contribution in [2.45, 2.75) is 83.7 Å². The number of carbonyl (C=O) groups excluding carboxylic acids is 2. The van der Waals surface area contributed by atoms with E-state index in [-0.39, 0.29) is 23.8 Å². The molecular weight excluding hydrogens is 458 g/mol. The first kappa shape index (κ1) is 24.3. The number of nitrogens with zero attached hydrogens (tertiary/aromatic N) is 3. The zero-order chi connectivity index (χ0) is 23.6. The van der Waals surface area contributed by atoms with Crippen molar-refractivity contribution >= 4 is 34.9 Å². The first-order valence-electron chi connectivity index (χ1n) is 12.0. The summed E-state index contributed by atoms with van der Waals surface area (Å²) in [6.07, 6.45) is 7.18. The summed E-state index contributed by atoms with van der Waals surface area (Å²) in [4.78, 5) is 28.7. The molecule has 1 amide bonds. The summed E-state index contributed by atoms with van der Waals surface area (Å²) < 4.78 is 8.00. The van der Waals surface area contributed by atoms with Crippen LogP contribution in [0.1, 0.15) is 86.3 Å². The van der Waals surface area contributed by atoms with Crippen LogP contribution >= 0.6 is 22.9 Å². The quantitative estimate of drug-likeness (QED) is 0.490. The number of aryl methyl sites for hydroxylation is 2. The molecule has 0 unspecified atom stereocenters. The van der Waals surface area contributed by atoms with E-state index in [2.05, 4.69) is 12.1 Å². The van der Waals surface area contributed by atoms with E-state index in [0.29, 0.717) is 13.1 Å². The van der Waals surface area contributed by atoms with Crippen molar-refractivity contribution < 1.29 is 14.3 Å². The maximum absolute atomic E-state index is 13.3. The highest BCUT2D eigenvalue weighted by molar-refractivity contribution is 7.16. The number of halogens is 1. The van der Waals surface area contributed by atoms with Gasteiger partial charge in [0.1, 0.15) is 5.60 Å². The Balaban J connectivity index is 1.46. The third-order valence-electron chi connectivity index (χ3n) is 6.54. The number of amides is 1. The van der Waals surface area contributed by atoms with E-state index in [4.69, 9.17) is 21.4 Å². The van der Waals surface area contributed by atoms with Gasteiger partial charge >= 0.3 is 6.09 Å². The molecule has 1 aliphatic heterocycles. The Hall–Kier alpha value is -1.86. The van der Waals surface area contributed by atoms with Gasteiger partial charge in [-0.25, -0.2) is 9.48 Å². The number of hydrogen-bond acceptors (Lipinski definition) is 5. The number of piperidine rings is 1. The molecule has 6 nitrogen and oxygen atoms in total. The van der Waals surface area contributed by atoms with Gasteiger partial charge in [-0.2, -0.15) is 5.10 Å².